The summed E-state index contributed by atoms with van der Waals surface area (Å²) in [4.78, 5) is 35.4. The van der Waals surface area contributed by atoms with Crippen molar-refractivity contribution in [1.29, 1.82) is 0 Å². The molecule has 0 radical (unpaired) electrons. The van der Waals surface area contributed by atoms with Gasteiger partial charge >= 0.3 is 17.6 Å². The second-order valence-corrected chi connectivity index (χ2v) is 6.10. The van der Waals surface area contributed by atoms with E-state index >= 15 is 0 Å². The van der Waals surface area contributed by atoms with E-state index in [1.165, 1.54) is 6.92 Å². The highest BCUT2D eigenvalue weighted by Gasteiger charge is 2.12. The summed E-state index contributed by atoms with van der Waals surface area (Å²) in [6.45, 7) is 4.88. The van der Waals surface area contributed by atoms with Crippen LogP contribution in [0.25, 0.3) is 10.8 Å². The summed E-state index contributed by atoms with van der Waals surface area (Å²) in [7, 11) is 0. The van der Waals surface area contributed by atoms with Gasteiger partial charge in [0.1, 0.15) is 5.75 Å². The van der Waals surface area contributed by atoms with Gasteiger partial charge in [0.05, 0.1) is 5.39 Å². The third-order valence-electron chi connectivity index (χ3n) is 3.87. The van der Waals surface area contributed by atoms with Crippen molar-refractivity contribution in [2.45, 2.75) is 20.8 Å². The van der Waals surface area contributed by atoms with Crippen LogP contribution in [0.2, 0.25) is 0 Å². The van der Waals surface area contributed by atoms with Crippen molar-refractivity contribution in [3.05, 3.63) is 64.0 Å². The first-order valence-corrected chi connectivity index (χ1v) is 8.24. The molecular weight excluding hydrogens is 348 g/mol. The Morgan fingerprint density at radius 2 is 1.67 bits per heavy atom. The maximum absolute atomic E-state index is 12.2. The molecule has 0 saturated carbocycles. The van der Waals surface area contributed by atoms with Gasteiger partial charge in [-0.05, 0) is 48.6 Å². The fraction of sp³-hybridized carbons (Fsp3) is 0.150. The summed E-state index contributed by atoms with van der Waals surface area (Å²) in [6, 6.07) is 11.3. The van der Waals surface area contributed by atoms with Crippen LogP contribution >= 0.6 is 0 Å². The number of anilines is 2. The first kappa shape index (κ1) is 18.2. The average Bonchev–Trinajstić information content (AvgIpc) is 2.58. The standard InChI is InChI=1S/C20H18N2O5/c1-11-8-15(9-12(2)18(11)26-13(3)23)21-20(25)22-17-10-14-6-4-5-7-16(14)19(24)27-17/h4-10H,1-3H3,(H2,21,22,25). The largest absolute Gasteiger partial charge is 0.426 e. The lowest BCUT2D eigenvalue weighted by Crippen LogP contribution is -2.20. The van der Waals surface area contributed by atoms with Gasteiger partial charge in [-0.2, -0.15) is 0 Å². The molecule has 0 atom stereocenters. The molecule has 138 valence electrons. The number of fused-ring (bicyclic) bond motifs is 1. The predicted octanol–water partition coefficient (Wildman–Crippen LogP) is 3.98. The maximum atomic E-state index is 12.2. The molecule has 3 aromatic rings. The van der Waals surface area contributed by atoms with Gasteiger partial charge in [0, 0.05) is 18.7 Å². The number of rotatable bonds is 3. The molecule has 7 heteroatoms. The number of hydrogen-bond acceptors (Lipinski definition) is 5. The number of ether oxygens (including phenoxy) is 1. The molecular formula is C20H18N2O5. The number of carbonyl (C=O) groups excluding carboxylic acids is 2. The number of hydrogen-bond donors (Lipinski definition) is 2. The quantitative estimate of drug-likeness (QED) is 0.540. The van der Waals surface area contributed by atoms with Crippen LogP contribution < -0.4 is 21.0 Å². The molecule has 2 amide bonds. The minimum absolute atomic E-state index is 0.0428. The van der Waals surface area contributed by atoms with E-state index in [1.54, 1.807) is 56.3 Å². The zero-order valence-corrected chi connectivity index (χ0v) is 15.1. The second-order valence-electron chi connectivity index (χ2n) is 6.10. The van der Waals surface area contributed by atoms with Crippen LogP contribution in [0, 0.1) is 13.8 Å². The zero-order chi connectivity index (χ0) is 19.6. The number of benzene rings is 2. The third-order valence-corrected chi connectivity index (χ3v) is 3.87. The summed E-state index contributed by atoms with van der Waals surface area (Å²) in [6.07, 6.45) is 0. The van der Waals surface area contributed by atoms with E-state index in [2.05, 4.69) is 10.6 Å². The molecule has 0 aliphatic heterocycles. The predicted molar refractivity (Wildman–Crippen MR) is 102 cm³/mol. The average molecular weight is 366 g/mol. The lowest BCUT2D eigenvalue weighted by atomic mass is 10.1. The fourth-order valence-corrected chi connectivity index (χ4v) is 2.80. The van der Waals surface area contributed by atoms with Crippen molar-refractivity contribution < 1.29 is 18.7 Å². The van der Waals surface area contributed by atoms with Gasteiger partial charge in [-0.3, -0.25) is 10.1 Å². The van der Waals surface area contributed by atoms with Crippen LogP contribution in [0.4, 0.5) is 16.4 Å². The number of nitrogens with one attached hydrogen (secondary N) is 2. The Labute approximate surface area is 154 Å². The first-order chi connectivity index (χ1) is 12.8. The molecule has 0 bridgehead atoms. The van der Waals surface area contributed by atoms with Crippen molar-refractivity contribution in [1.82, 2.24) is 0 Å². The minimum atomic E-state index is -0.563. The van der Waals surface area contributed by atoms with Gasteiger partial charge in [-0.15, -0.1) is 0 Å². The highest BCUT2D eigenvalue weighted by molar-refractivity contribution is 6.00. The van der Waals surface area contributed by atoms with Crippen LogP contribution in [0.5, 0.6) is 5.75 Å². The molecule has 0 saturated heterocycles. The monoisotopic (exact) mass is 366 g/mol. The Morgan fingerprint density at radius 3 is 2.33 bits per heavy atom. The maximum Gasteiger partial charge on any atom is 0.345 e. The SMILES string of the molecule is CC(=O)Oc1c(C)cc(NC(=O)Nc2cc3ccccc3c(=O)o2)cc1C. The number of amides is 2. The Kier molecular flexibility index (Phi) is 4.94. The molecule has 7 nitrogen and oxygen atoms in total. The van der Waals surface area contributed by atoms with E-state index in [4.69, 9.17) is 9.15 Å². The molecule has 1 heterocycles. The molecule has 0 aliphatic rings. The lowest BCUT2D eigenvalue weighted by Gasteiger charge is -2.13. The lowest BCUT2D eigenvalue weighted by molar-refractivity contribution is -0.131. The van der Waals surface area contributed by atoms with Gasteiger partial charge < -0.3 is 14.5 Å². The Balaban J connectivity index is 1.78. The van der Waals surface area contributed by atoms with Crippen LogP contribution in [-0.2, 0) is 4.79 Å². The van der Waals surface area contributed by atoms with Crippen molar-refractivity contribution in [3.63, 3.8) is 0 Å². The first-order valence-electron chi connectivity index (χ1n) is 8.24. The normalized spacial score (nSPS) is 10.5. The highest BCUT2D eigenvalue weighted by atomic mass is 16.5. The minimum Gasteiger partial charge on any atom is -0.426 e. The fourth-order valence-electron chi connectivity index (χ4n) is 2.80. The molecule has 27 heavy (non-hydrogen) atoms. The van der Waals surface area contributed by atoms with E-state index in [0.29, 0.717) is 33.3 Å². The molecule has 0 aliphatic carbocycles. The van der Waals surface area contributed by atoms with Gasteiger partial charge in [0.15, 0.2) is 0 Å². The summed E-state index contributed by atoms with van der Waals surface area (Å²) in [5.41, 5.74) is 1.40. The second kappa shape index (κ2) is 7.33. The van der Waals surface area contributed by atoms with Gasteiger partial charge in [-0.1, -0.05) is 18.2 Å². The molecule has 2 N–H and O–H groups in total. The summed E-state index contributed by atoms with van der Waals surface area (Å²) in [5.74, 6) is 0.0983. The van der Waals surface area contributed by atoms with E-state index in [0.717, 1.165) is 0 Å². The van der Waals surface area contributed by atoms with Crippen molar-refractivity contribution in [2.24, 2.45) is 0 Å². The number of aryl methyl sites for hydroxylation is 2. The van der Waals surface area contributed by atoms with Crippen molar-refractivity contribution >= 4 is 34.3 Å². The van der Waals surface area contributed by atoms with E-state index in [9.17, 15) is 14.4 Å². The summed E-state index contributed by atoms with van der Waals surface area (Å²) >= 11 is 0. The Bertz CT molecular complexity index is 1080. The number of urea groups is 1. The summed E-state index contributed by atoms with van der Waals surface area (Å²) < 4.78 is 10.3. The van der Waals surface area contributed by atoms with Crippen LogP contribution in [0.3, 0.4) is 0 Å². The molecule has 2 aromatic carbocycles. The molecule has 0 spiro atoms. The zero-order valence-electron chi connectivity index (χ0n) is 15.1. The van der Waals surface area contributed by atoms with Gasteiger partial charge in [0.2, 0.25) is 5.88 Å². The molecule has 0 fully saturated rings. The molecule has 0 unspecified atom stereocenters. The number of carbonyl (C=O) groups is 2. The van der Waals surface area contributed by atoms with Crippen LogP contribution in [0.1, 0.15) is 18.1 Å². The van der Waals surface area contributed by atoms with Gasteiger partial charge in [0.25, 0.3) is 0 Å². The molecule has 3 rings (SSSR count). The van der Waals surface area contributed by atoms with Crippen molar-refractivity contribution in [2.75, 3.05) is 10.6 Å². The number of esters is 1. The smallest absolute Gasteiger partial charge is 0.345 e. The Hall–Kier alpha value is -3.61. The van der Waals surface area contributed by atoms with Gasteiger partial charge in [-0.25, -0.2) is 9.59 Å². The van der Waals surface area contributed by atoms with Crippen molar-refractivity contribution in [3.8, 4) is 5.75 Å². The van der Waals surface area contributed by atoms with E-state index < -0.39 is 17.6 Å². The van der Waals surface area contributed by atoms with E-state index in [1.807, 2.05) is 0 Å². The van der Waals surface area contributed by atoms with E-state index in [-0.39, 0.29) is 5.88 Å². The Morgan fingerprint density at radius 1 is 1.00 bits per heavy atom. The molecule has 1 aromatic heterocycles. The highest BCUT2D eigenvalue weighted by Crippen LogP contribution is 2.27. The van der Waals surface area contributed by atoms with Crippen LogP contribution in [-0.4, -0.2) is 12.0 Å². The topological polar surface area (TPSA) is 97.6 Å². The van der Waals surface area contributed by atoms with Crippen LogP contribution in [0.15, 0.2) is 51.7 Å². The summed E-state index contributed by atoms with van der Waals surface area (Å²) in [5, 5.41) is 6.28. The third kappa shape index (κ3) is 4.14.